The molecule has 0 radical (unpaired) electrons. The van der Waals surface area contributed by atoms with Crippen LogP contribution in [0.3, 0.4) is 0 Å². The number of nitrogens with one attached hydrogen (secondary N) is 1. The highest BCUT2D eigenvalue weighted by Crippen LogP contribution is 2.39. The summed E-state index contributed by atoms with van der Waals surface area (Å²) in [5.41, 5.74) is 1.12. The van der Waals surface area contributed by atoms with Crippen LogP contribution in [0.25, 0.3) is 0 Å². The number of ether oxygens (including phenoxy) is 2. The van der Waals surface area contributed by atoms with Crippen molar-refractivity contribution >= 4 is 15.9 Å². The van der Waals surface area contributed by atoms with Crippen LogP contribution in [0.4, 0.5) is 0 Å². The van der Waals surface area contributed by atoms with E-state index in [9.17, 15) is 0 Å². The van der Waals surface area contributed by atoms with Crippen LogP contribution in [0.1, 0.15) is 51.6 Å². The van der Waals surface area contributed by atoms with Crippen LogP contribution in [0.15, 0.2) is 22.7 Å². The number of hydrogen-bond donors (Lipinski definition) is 1. The molecule has 1 fully saturated rings. The summed E-state index contributed by atoms with van der Waals surface area (Å²) in [6, 6.07) is 6.57. The molecule has 2 rings (SSSR count). The van der Waals surface area contributed by atoms with Gasteiger partial charge in [0.1, 0.15) is 5.75 Å². The Labute approximate surface area is 136 Å². The lowest BCUT2D eigenvalue weighted by Gasteiger charge is -2.34. The van der Waals surface area contributed by atoms with E-state index >= 15 is 0 Å². The third kappa shape index (κ3) is 3.99. The fourth-order valence-corrected chi connectivity index (χ4v) is 3.46. The molecule has 2 unspecified atom stereocenters. The molecule has 1 N–H and O–H groups in total. The molecule has 21 heavy (non-hydrogen) atoms. The standard InChI is InChI=1S/C17H26BrNO2/c1-4-10-20-15-8-7-13(12-14(15)18)16(19-5-2)17(3)9-6-11-21-17/h7-8,12,16,19H,4-6,9-11H2,1-3H3. The van der Waals surface area contributed by atoms with Crippen molar-refractivity contribution in [2.45, 2.75) is 51.7 Å². The fraction of sp³-hybridized carbons (Fsp3) is 0.647. The summed E-state index contributed by atoms with van der Waals surface area (Å²) in [7, 11) is 0. The van der Waals surface area contributed by atoms with Crippen molar-refractivity contribution in [3.63, 3.8) is 0 Å². The molecule has 0 bridgehead atoms. The van der Waals surface area contributed by atoms with Crippen molar-refractivity contribution in [3.05, 3.63) is 28.2 Å². The van der Waals surface area contributed by atoms with Crippen molar-refractivity contribution in [3.8, 4) is 5.75 Å². The first-order valence-electron chi connectivity index (χ1n) is 7.90. The van der Waals surface area contributed by atoms with Gasteiger partial charge in [-0.15, -0.1) is 0 Å². The molecule has 1 aromatic carbocycles. The van der Waals surface area contributed by atoms with E-state index in [2.05, 4.69) is 60.2 Å². The van der Waals surface area contributed by atoms with E-state index in [1.165, 1.54) is 5.56 Å². The molecule has 118 valence electrons. The summed E-state index contributed by atoms with van der Waals surface area (Å²) in [5.74, 6) is 0.911. The van der Waals surface area contributed by atoms with Gasteiger partial charge in [-0.25, -0.2) is 0 Å². The lowest BCUT2D eigenvalue weighted by Crippen LogP contribution is -2.41. The van der Waals surface area contributed by atoms with E-state index in [1.807, 2.05) is 0 Å². The maximum Gasteiger partial charge on any atom is 0.133 e. The smallest absolute Gasteiger partial charge is 0.133 e. The Balaban J connectivity index is 2.22. The van der Waals surface area contributed by atoms with E-state index in [0.717, 1.165) is 49.2 Å². The van der Waals surface area contributed by atoms with Crippen molar-refractivity contribution in [2.75, 3.05) is 19.8 Å². The van der Waals surface area contributed by atoms with Crippen LogP contribution >= 0.6 is 15.9 Å². The van der Waals surface area contributed by atoms with Gasteiger partial charge in [0.2, 0.25) is 0 Å². The Morgan fingerprint density at radius 2 is 2.24 bits per heavy atom. The molecule has 2 atom stereocenters. The first-order valence-corrected chi connectivity index (χ1v) is 8.69. The van der Waals surface area contributed by atoms with Gasteiger partial charge >= 0.3 is 0 Å². The van der Waals surface area contributed by atoms with Gasteiger partial charge in [0.25, 0.3) is 0 Å². The normalized spacial score (nSPS) is 23.2. The fourth-order valence-electron chi connectivity index (χ4n) is 2.94. The summed E-state index contributed by atoms with van der Waals surface area (Å²) in [4.78, 5) is 0. The minimum Gasteiger partial charge on any atom is -0.492 e. The van der Waals surface area contributed by atoms with Crippen LogP contribution in [-0.2, 0) is 4.74 Å². The van der Waals surface area contributed by atoms with E-state index in [0.29, 0.717) is 0 Å². The first kappa shape index (κ1) is 16.8. The van der Waals surface area contributed by atoms with Gasteiger partial charge in [-0.1, -0.05) is 19.9 Å². The van der Waals surface area contributed by atoms with E-state index < -0.39 is 0 Å². The van der Waals surface area contributed by atoms with Gasteiger partial charge in [0, 0.05) is 6.61 Å². The minimum absolute atomic E-state index is 0.124. The maximum absolute atomic E-state index is 6.04. The van der Waals surface area contributed by atoms with Gasteiger partial charge < -0.3 is 14.8 Å². The van der Waals surface area contributed by atoms with Crippen molar-refractivity contribution in [1.29, 1.82) is 0 Å². The molecule has 0 aromatic heterocycles. The van der Waals surface area contributed by atoms with E-state index in [-0.39, 0.29) is 11.6 Å². The van der Waals surface area contributed by atoms with Crippen LogP contribution < -0.4 is 10.1 Å². The second-order valence-electron chi connectivity index (χ2n) is 5.79. The van der Waals surface area contributed by atoms with Gasteiger partial charge in [-0.05, 0) is 66.4 Å². The lowest BCUT2D eigenvalue weighted by molar-refractivity contribution is -0.0121. The molecular formula is C17H26BrNO2. The molecule has 4 heteroatoms. The number of halogens is 1. The van der Waals surface area contributed by atoms with E-state index in [1.54, 1.807) is 0 Å². The van der Waals surface area contributed by atoms with Gasteiger partial charge in [0.15, 0.2) is 0 Å². The minimum atomic E-state index is -0.124. The van der Waals surface area contributed by atoms with Crippen molar-refractivity contribution in [1.82, 2.24) is 5.32 Å². The molecule has 1 aliphatic heterocycles. The Hall–Kier alpha value is -0.580. The SMILES string of the molecule is CCCOc1ccc(C(NCC)C2(C)CCCO2)cc1Br. The topological polar surface area (TPSA) is 30.5 Å². The molecule has 3 nitrogen and oxygen atoms in total. The Kier molecular flexibility index (Phi) is 6.08. The molecule has 1 heterocycles. The van der Waals surface area contributed by atoms with Crippen LogP contribution in [0, 0.1) is 0 Å². The quantitative estimate of drug-likeness (QED) is 0.783. The van der Waals surface area contributed by atoms with E-state index in [4.69, 9.17) is 9.47 Å². The van der Waals surface area contributed by atoms with Crippen molar-refractivity contribution in [2.24, 2.45) is 0 Å². The zero-order valence-electron chi connectivity index (χ0n) is 13.2. The summed E-state index contributed by atoms with van der Waals surface area (Å²) >= 11 is 3.63. The zero-order chi connectivity index (χ0) is 15.3. The largest absolute Gasteiger partial charge is 0.492 e. The molecule has 1 saturated heterocycles. The Bertz CT molecular complexity index is 458. The Morgan fingerprint density at radius 1 is 1.43 bits per heavy atom. The van der Waals surface area contributed by atoms with Gasteiger partial charge in [-0.3, -0.25) is 0 Å². The number of hydrogen-bond acceptors (Lipinski definition) is 3. The van der Waals surface area contributed by atoms with Gasteiger partial charge in [-0.2, -0.15) is 0 Å². The zero-order valence-corrected chi connectivity index (χ0v) is 14.8. The summed E-state index contributed by atoms with van der Waals surface area (Å²) in [6.07, 6.45) is 3.24. The molecule has 1 aromatic rings. The van der Waals surface area contributed by atoms with Crippen LogP contribution in [0.5, 0.6) is 5.75 Å². The molecule has 0 spiro atoms. The third-order valence-electron chi connectivity index (χ3n) is 4.02. The average molecular weight is 356 g/mol. The van der Waals surface area contributed by atoms with Gasteiger partial charge in [0.05, 0.1) is 22.7 Å². The van der Waals surface area contributed by atoms with Crippen molar-refractivity contribution < 1.29 is 9.47 Å². The molecule has 0 aliphatic carbocycles. The maximum atomic E-state index is 6.04. The second-order valence-corrected chi connectivity index (χ2v) is 6.65. The monoisotopic (exact) mass is 355 g/mol. The summed E-state index contributed by atoms with van der Waals surface area (Å²) in [6.45, 7) is 8.99. The summed E-state index contributed by atoms with van der Waals surface area (Å²) < 4.78 is 12.8. The molecular weight excluding hydrogens is 330 g/mol. The molecule has 1 aliphatic rings. The average Bonchev–Trinajstić information content (AvgIpc) is 2.91. The predicted octanol–water partition coefficient (Wildman–Crippen LogP) is 4.46. The second kappa shape index (κ2) is 7.61. The lowest BCUT2D eigenvalue weighted by atomic mass is 9.87. The van der Waals surface area contributed by atoms with Crippen LogP contribution in [0.2, 0.25) is 0 Å². The highest BCUT2D eigenvalue weighted by molar-refractivity contribution is 9.10. The highest BCUT2D eigenvalue weighted by Gasteiger charge is 2.39. The first-order chi connectivity index (χ1) is 10.1. The summed E-state index contributed by atoms with van der Waals surface area (Å²) in [5, 5.41) is 3.58. The number of benzene rings is 1. The molecule has 0 saturated carbocycles. The number of rotatable bonds is 7. The Morgan fingerprint density at radius 3 is 2.81 bits per heavy atom. The molecule has 0 amide bonds. The third-order valence-corrected chi connectivity index (χ3v) is 4.64. The highest BCUT2D eigenvalue weighted by atomic mass is 79.9. The number of likely N-dealkylation sites (N-methyl/N-ethyl adjacent to an activating group) is 1. The predicted molar refractivity (Wildman–Crippen MR) is 89.9 cm³/mol. The van der Waals surface area contributed by atoms with Crippen LogP contribution in [-0.4, -0.2) is 25.4 Å².